The van der Waals surface area contributed by atoms with Crippen LogP contribution in [-0.2, 0) is 0 Å². The number of hydrogen-bond donors (Lipinski definition) is 0. The SMILES string of the molecule is c1ccc([SiH2]c2cccc3c2-c2ccccc2-3)cc1. The third-order valence-electron chi connectivity index (χ3n) is 3.87. The molecule has 0 saturated heterocycles. The largest absolute Gasteiger partial charge is 0.0883 e. The van der Waals surface area contributed by atoms with E-state index >= 15 is 0 Å². The van der Waals surface area contributed by atoms with Gasteiger partial charge in [-0.05, 0) is 22.3 Å². The Morgan fingerprint density at radius 3 is 2.05 bits per heavy atom. The highest BCUT2D eigenvalue weighted by atomic mass is 28.2. The van der Waals surface area contributed by atoms with Gasteiger partial charge in [0.05, 0.1) is 9.52 Å². The molecule has 1 aliphatic carbocycles. The Kier molecular flexibility index (Phi) is 2.39. The molecule has 0 atom stereocenters. The van der Waals surface area contributed by atoms with E-state index in [9.17, 15) is 0 Å². The van der Waals surface area contributed by atoms with Gasteiger partial charge in [0.1, 0.15) is 0 Å². The van der Waals surface area contributed by atoms with Crippen LogP contribution in [0.1, 0.15) is 0 Å². The first-order chi connectivity index (χ1) is 9.43. The maximum Gasteiger partial charge on any atom is 0.0883 e. The fraction of sp³-hybridized carbons (Fsp3) is 0. The number of fused-ring (bicyclic) bond motifs is 4. The number of benzene rings is 3. The summed E-state index contributed by atoms with van der Waals surface area (Å²) in [5, 5.41) is 3.09. The van der Waals surface area contributed by atoms with E-state index in [-0.39, 0.29) is 9.52 Å². The Morgan fingerprint density at radius 2 is 1.21 bits per heavy atom. The van der Waals surface area contributed by atoms with Gasteiger partial charge in [-0.25, -0.2) is 0 Å². The first kappa shape index (κ1) is 10.8. The van der Waals surface area contributed by atoms with Crippen LogP contribution in [0.15, 0.2) is 72.8 Å². The molecule has 0 bridgehead atoms. The van der Waals surface area contributed by atoms with Crippen LogP contribution in [0.4, 0.5) is 0 Å². The lowest BCUT2D eigenvalue weighted by atomic mass is 9.81. The zero-order chi connectivity index (χ0) is 12.7. The summed E-state index contributed by atoms with van der Waals surface area (Å²) in [7, 11) is -0.373. The van der Waals surface area contributed by atoms with Crippen molar-refractivity contribution in [3.63, 3.8) is 0 Å². The Bertz CT molecular complexity index is 745. The first-order valence-corrected chi connectivity index (χ1v) is 8.10. The van der Waals surface area contributed by atoms with Crippen molar-refractivity contribution in [3.8, 4) is 22.3 Å². The van der Waals surface area contributed by atoms with Crippen molar-refractivity contribution in [2.24, 2.45) is 0 Å². The van der Waals surface area contributed by atoms with Gasteiger partial charge in [0.2, 0.25) is 0 Å². The number of rotatable bonds is 2. The molecule has 0 saturated carbocycles. The fourth-order valence-corrected chi connectivity index (χ4v) is 4.74. The minimum Gasteiger partial charge on any atom is -0.0633 e. The Morgan fingerprint density at radius 1 is 0.526 bits per heavy atom. The van der Waals surface area contributed by atoms with Gasteiger partial charge < -0.3 is 0 Å². The van der Waals surface area contributed by atoms with E-state index in [4.69, 9.17) is 0 Å². The van der Waals surface area contributed by atoms with E-state index in [0.717, 1.165) is 0 Å². The molecule has 0 spiro atoms. The van der Waals surface area contributed by atoms with Gasteiger partial charge in [0.25, 0.3) is 0 Å². The molecule has 0 amide bonds. The maximum absolute atomic E-state index is 2.31. The quantitative estimate of drug-likeness (QED) is 0.485. The van der Waals surface area contributed by atoms with Crippen LogP contribution in [0.5, 0.6) is 0 Å². The summed E-state index contributed by atoms with van der Waals surface area (Å²) in [5.41, 5.74) is 5.81. The Labute approximate surface area is 115 Å². The van der Waals surface area contributed by atoms with E-state index in [1.807, 2.05) is 0 Å². The molecule has 90 valence electrons. The van der Waals surface area contributed by atoms with E-state index in [1.54, 1.807) is 5.19 Å². The summed E-state index contributed by atoms with van der Waals surface area (Å²) in [6.07, 6.45) is 0. The normalized spacial score (nSPS) is 12.0. The molecule has 0 aromatic heterocycles. The molecule has 0 N–H and O–H groups in total. The molecule has 19 heavy (non-hydrogen) atoms. The summed E-state index contributed by atoms with van der Waals surface area (Å²) in [6.45, 7) is 0. The first-order valence-electron chi connectivity index (χ1n) is 6.69. The molecule has 0 fully saturated rings. The van der Waals surface area contributed by atoms with Crippen molar-refractivity contribution in [1.29, 1.82) is 0 Å². The zero-order valence-corrected chi connectivity index (χ0v) is 12.0. The van der Waals surface area contributed by atoms with E-state index in [2.05, 4.69) is 72.8 Å². The summed E-state index contributed by atoms with van der Waals surface area (Å²) < 4.78 is 0. The third kappa shape index (κ3) is 1.66. The van der Waals surface area contributed by atoms with Crippen LogP contribution in [0, 0.1) is 0 Å². The van der Waals surface area contributed by atoms with E-state index < -0.39 is 0 Å². The highest BCUT2D eigenvalue weighted by Gasteiger charge is 2.23. The average Bonchev–Trinajstić information content (AvgIpc) is 2.45. The third-order valence-corrected chi connectivity index (χ3v) is 5.72. The topological polar surface area (TPSA) is 0 Å². The van der Waals surface area contributed by atoms with Crippen molar-refractivity contribution in [2.75, 3.05) is 0 Å². The van der Waals surface area contributed by atoms with Gasteiger partial charge in [-0.2, -0.15) is 0 Å². The Hall–Kier alpha value is -2.12. The monoisotopic (exact) mass is 258 g/mol. The second-order valence-electron chi connectivity index (χ2n) is 5.05. The van der Waals surface area contributed by atoms with Gasteiger partial charge in [-0.15, -0.1) is 0 Å². The predicted molar refractivity (Wildman–Crippen MR) is 85.1 cm³/mol. The van der Waals surface area contributed by atoms with Crippen molar-refractivity contribution in [2.45, 2.75) is 0 Å². The molecule has 0 unspecified atom stereocenters. The Balaban J connectivity index is 1.79. The van der Waals surface area contributed by atoms with Gasteiger partial charge in [-0.1, -0.05) is 83.2 Å². The summed E-state index contributed by atoms with van der Waals surface area (Å²) in [6, 6.07) is 26.4. The highest BCUT2D eigenvalue weighted by molar-refractivity contribution is 6.69. The van der Waals surface area contributed by atoms with Crippen LogP contribution in [0.2, 0.25) is 0 Å². The second-order valence-corrected chi connectivity index (χ2v) is 6.98. The van der Waals surface area contributed by atoms with Crippen LogP contribution < -0.4 is 10.4 Å². The molecule has 3 aromatic carbocycles. The fourth-order valence-electron chi connectivity index (χ4n) is 2.98. The van der Waals surface area contributed by atoms with E-state index in [1.165, 1.54) is 27.4 Å². The minimum absolute atomic E-state index is 0.373. The van der Waals surface area contributed by atoms with Crippen molar-refractivity contribution < 1.29 is 0 Å². The second kappa shape index (κ2) is 4.21. The lowest BCUT2D eigenvalue weighted by Gasteiger charge is -2.26. The summed E-state index contributed by atoms with van der Waals surface area (Å²) in [4.78, 5) is 0. The standard InChI is InChI=1S/C18H14Si/c1-2-7-13(8-3-1)19-17-12-6-11-16-14-9-4-5-10-15(14)18(16)17/h1-12H,19H2. The van der Waals surface area contributed by atoms with Gasteiger partial charge in [0, 0.05) is 0 Å². The average molecular weight is 258 g/mol. The van der Waals surface area contributed by atoms with Crippen LogP contribution in [-0.4, -0.2) is 9.52 Å². The van der Waals surface area contributed by atoms with Crippen LogP contribution >= 0.6 is 0 Å². The van der Waals surface area contributed by atoms with Gasteiger partial charge >= 0.3 is 0 Å². The van der Waals surface area contributed by atoms with Crippen molar-refractivity contribution in [1.82, 2.24) is 0 Å². The molecule has 0 nitrogen and oxygen atoms in total. The molecule has 0 aliphatic heterocycles. The molecule has 0 heterocycles. The van der Waals surface area contributed by atoms with Crippen molar-refractivity contribution >= 4 is 19.9 Å². The van der Waals surface area contributed by atoms with Crippen LogP contribution in [0.3, 0.4) is 0 Å². The number of hydrogen-bond acceptors (Lipinski definition) is 0. The highest BCUT2D eigenvalue weighted by Crippen LogP contribution is 2.45. The molecule has 1 heteroatoms. The molecular formula is C18H14Si. The molecule has 3 aromatic rings. The zero-order valence-electron chi connectivity index (χ0n) is 10.6. The molecular weight excluding hydrogens is 244 g/mol. The van der Waals surface area contributed by atoms with Crippen molar-refractivity contribution in [3.05, 3.63) is 72.8 Å². The summed E-state index contributed by atoms with van der Waals surface area (Å²) >= 11 is 0. The minimum atomic E-state index is -0.373. The lowest BCUT2D eigenvalue weighted by Crippen LogP contribution is -2.30. The smallest absolute Gasteiger partial charge is 0.0633 e. The van der Waals surface area contributed by atoms with E-state index in [0.29, 0.717) is 0 Å². The summed E-state index contributed by atoms with van der Waals surface area (Å²) in [5.74, 6) is 0. The lowest BCUT2D eigenvalue weighted by molar-refractivity contribution is 1.54. The van der Waals surface area contributed by atoms with Crippen LogP contribution in [0.25, 0.3) is 22.3 Å². The predicted octanol–water partition coefficient (Wildman–Crippen LogP) is 2.45. The molecule has 4 rings (SSSR count). The van der Waals surface area contributed by atoms with Gasteiger partial charge in [0.15, 0.2) is 0 Å². The molecule has 0 radical (unpaired) electrons. The maximum atomic E-state index is 2.31. The molecule has 1 aliphatic rings. The van der Waals surface area contributed by atoms with Gasteiger partial charge in [-0.3, -0.25) is 0 Å².